The van der Waals surface area contributed by atoms with Gasteiger partial charge >= 0.3 is 0 Å². The zero-order valence-corrected chi connectivity index (χ0v) is 18.2. The Bertz CT molecular complexity index is 662. The minimum absolute atomic E-state index is 1.08. The van der Waals surface area contributed by atoms with Crippen molar-refractivity contribution in [1.29, 1.82) is 0 Å². The molecule has 0 fully saturated rings. The van der Waals surface area contributed by atoms with Crippen LogP contribution in [0.1, 0.15) is 102 Å². The summed E-state index contributed by atoms with van der Waals surface area (Å²) in [6.07, 6.45) is 23.9. The van der Waals surface area contributed by atoms with Gasteiger partial charge in [0.25, 0.3) is 0 Å². The Morgan fingerprint density at radius 1 is 0.714 bits per heavy atom. The molecule has 0 bridgehead atoms. The van der Waals surface area contributed by atoms with E-state index in [1.807, 2.05) is 0 Å². The van der Waals surface area contributed by atoms with Crippen molar-refractivity contribution in [1.82, 2.24) is 0 Å². The minimum Gasteiger partial charge on any atom is -0.0795 e. The van der Waals surface area contributed by atoms with Crippen molar-refractivity contribution in [2.24, 2.45) is 0 Å². The summed E-state index contributed by atoms with van der Waals surface area (Å²) in [5, 5.41) is 2.80. The van der Waals surface area contributed by atoms with Crippen LogP contribution in [0, 0.1) is 6.92 Å². The summed E-state index contributed by atoms with van der Waals surface area (Å²) in [6.45, 7) is 6.15. The van der Waals surface area contributed by atoms with E-state index in [1.54, 1.807) is 0 Å². The first-order chi connectivity index (χ1) is 13.9. The molecular formula is C28H41. The van der Waals surface area contributed by atoms with Gasteiger partial charge in [0.2, 0.25) is 0 Å². The SMILES string of the molecule is C1=Cc2cccc3cccc(c23)C1.[CH2]CCCCCCCCCCCCCC. The zero-order valence-electron chi connectivity index (χ0n) is 18.2. The van der Waals surface area contributed by atoms with Gasteiger partial charge < -0.3 is 0 Å². The lowest BCUT2D eigenvalue weighted by Crippen LogP contribution is -1.91. The third-order valence-electron chi connectivity index (χ3n) is 5.76. The highest BCUT2D eigenvalue weighted by Gasteiger charge is 2.06. The summed E-state index contributed by atoms with van der Waals surface area (Å²) in [6, 6.07) is 13.0. The standard InChI is InChI=1S/C15H31.C13H10/c1-3-5-7-9-11-13-15-14-12-10-8-6-4-2;1-4-10-6-2-8-12-9-3-7-11(5-1)13(10)12/h1,3-15H2,2H3;1-8H,9H2. The molecule has 2 aromatic rings. The van der Waals surface area contributed by atoms with Gasteiger partial charge in [-0.05, 0) is 28.3 Å². The molecule has 0 unspecified atom stereocenters. The highest BCUT2D eigenvalue weighted by atomic mass is 14.1. The van der Waals surface area contributed by atoms with Crippen molar-refractivity contribution >= 4 is 16.8 Å². The minimum atomic E-state index is 1.08. The molecule has 0 heterocycles. The van der Waals surface area contributed by atoms with E-state index in [-0.39, 0.29) is 0 Å². The monoisotopic (exact) mass is 377 g/mol. The molecule has 0 spiro atoms. The van der Waals surface area contributed by atoms with Crippen LogP contribution in [0.4, 0.5) is 0 Å². The molecule has 2 aromatic carbocycles. The lowest BCUT2D eigenvalue weighted by molar-refractivity contribution is 0.545. The van der Waals surface area contributed by atoms with Crippen molar-refractivity contribution in [2.75, 3.05) is 0 Å². The largest absolute Gasteiger partial charge is 0.0795 e. The maximum Gasteiger partial charge on any atom is -0.00763 e. The van der Waals surface area contributed by atoms with Crippen molar-refractivity contribution in [3.8, 4) is 0 Å². The van der Waals surface area contributed by atoms with Gasteiger partial charge in [-0.15, -0.1) is 0 Å². The van der Waals surface area contributed by atoms with E-state index < -0.39 is 0 Å². The average molecular weight is 378 g/mol. The molecule has 1 aliphatic rings. The molecule has 153 valence electrons. The third-order valence-corrected chi connectivity index (χ3v) is 5.76. The predicted octanol–water partition coefficient (Wildman–Crippen LogP) is 9.32. The van der Waals surface area contributed by atoms with Crippen LogP contribution >= 0.6 is 0 Å². The summed E-state index contributed by atoms with van der Waals surface area (Å²) in [4.78, 5) is 0. The molecule has 0 atom stereocenters. The highest BCUT2D eigenvalue weighted by molar-refractivity contribution is 5.94. The van der Waals surface area contributed by atoms with Gasteiger partial charge in [-0.1, -0.05) is 146 Å². The molecule has 1 radical (unpaired) electrons. The van der Waals surface area contributed by atoms with Crippen LogP contribution in [0.5, 0.6) is 0 Å². The van der Waals surface area contributed by atoms with Crippen molar-refractivity contribution < 1.29 is 0 Å². The molecule has 1 aliphatic carbocycles. The van der Waals surface area contributed by atoms with E-state index in [1.165, 1.54) is 98.9 Å². The molecule has 0 heteroatoms. The van der Waals surface area contributed by atoms with E-state index in [0.29, 0.717) is 0 Å². The summed E-state index contributed by atoms with van der Waals surface area (Å²) < 4.78 is 0. The molecule has 0 saturated carbocycles. The fraction of sp³-hybridized carbons (Fsp3) is 0.536. The van der Waals surface area contributed by atoms with Crippen LogP contribution in [0.25, 0.3) is 16.8 Å². The molecule has 3 rings (SSSR count). The lowest BCUT2D eigenvalue weighted by atomic mass is 9.93. The summed E-state index contributed by atoms with van der Waals surface area (Å²) in [5.41, 5.74) is 2.81. The highest BCUT2D eigenvalue weighted by Crippen LogP contribution is 2.27. The fourth-order valence-electron chi connectivity index (χ4n) is 4.09. The lowest BCUT2D eigenvalue weighted by Gasteiger charge is -2.11. The Kier molecular flexibility index (Phi) is 11.7. The predicted molar refractivity (Wildman–Crippen MR) is 128 cm³/mol. The summed E-state index contributed by atoms with van der Waals surface area (Å²) in [7, 11) is 0. The van der Waals surface area contributed by atoms with Crippen molar-refractivity contribution in [2.45, 2.75) is 96.8 Å². The average Bonchev–Trinajstić information content (AvgIpc) is 2.73. The number of benzene rings is 2. The second kappa shape index (κ2) is 14.4. The van der Waals surface area contributed by atoms with Crippen LogP contribution in [0.2, 0.25) is 0 Å². The van der Waals surface area contributed by atoms with Crippen molar-refractivity contribution in [3.05, 3.63) is 60.5 Å². The molecular weight excluding hydrogens is 336 g/mol. The Labute approximate surface area is 174 Å². The number of hydrogen-bond acceptors (Lipinski definition) is 0. The molecule has 0 saturated heterocycles. The second-order valence-electron chi connectivity index (χ2n) is 8.21. The molecule has 0 amide bonds. The van der Waals surface area contributed by atoms with E-state index in [2.05, 4.69) is 62.4 Å². The first kappa shape index (κ1) is 22.7. The third kappa shape index (κ3) is 8.21. The van der Waals surface area contributed by atoms with Crippen LogP contribution < -0.4 is 0 Å². The molecule has 0 N–H and O–H groups in total. The van der Waals surface area contributed by atoms with Gasteiger partial charge in [0, 0.05) is 0 Å². The van der Waals surface area contributed by atoms with Gasteiger partial charge in [-0.3, -0.25) is 0 Å². The number of unbranched alkanes of at least 4 members (excludes halogenated alkanes) is 12. The molecule has 0 aliphatic heterocycles. The number of allylic oxidation sites excluding steroid dienone is 1. The first-order valence-electron chi connectivity index (χ1n) is 11.8. The van der Waals surface area contributed by atoms with Crippen LogP contribution in [0.15, 0.2) is 42.5 Å². The number of hydrogen-bond donors (Lipinski definition) is 0. The van der Waals surface area contributed by atoms with Crippen LogP contribution in [-0.2, 0) is 6.42 Å². The molecule has 0 nitrogen and oxygen atoms in total. The van der Waals surface area contributed by atoms with E-state index in [0.717, 1.165) is 12.8 Å². The van der Waals surface area contributed by atoms with Crippen molar-refractivity contribution in [3.63, 3.8) is 0 Å². The normalized spacial score (nSPS) is 12.1. The van der Waals surface area contributed by atoms with Gasteiger partial charge in [-0.2, -0.15) is 0 Å². The molecule has 0 aromatic heterocycles. The van der Waals surface area contributed by atoms with Gasteiger partial charge in [0.15, 0.2) is 0 Å². The Hall–Kier alpha value is -1.56. The maximum atomic E-state index is 3.87. The van der Waals surface area contributed by atoms with Crippen LogP contribution in [-0.4, -0.2) is 0 Å². The van der Waals surface area contributed by atoms with Crippen LogP contribution in [0.3, 0.4) is 0 Å². The fourth-order valence-corrected chi connectivity index (χ4v) is 4.09. The Morgan fingerprint density at radius 2 is 1.29 bits per heavy atom. The van der Waals surface area contributed by atoms with E-state index >= 15 is 0 Å². The number of rotatable bonds is 12. The smallest absolute Gasteiger partial charge is 0.00763 e. The topological polar surface area (TPSA) is 0 Å². The zero-order chi connectivity index (χ0) is 19.9. The van der Waals surface area contributed by atoms with Gasteiger partial charge in [-0.25, -0.2) is 0 Å². The summed E-state index contributed by atoms with van der Waals surface area (Å²) >= 11 is 0. The van der Waals surface area contributed by atoms with Gasteiger partial charge in [0.05, 0.1) is 0 Å². The Balaban J connectivity index is 0.000000201. The van der Waals surface area contributed by atoms with Gasteiger partial charge in [0.1, 0.15) is 0 Å². The maximum absolute atomic E-state index is 3.87. The summed E-state index contributed by atoms with van der Waals surface area (Å²) in [5.74, 6) is 0. The Morgan fingerprint density at radius 3 is 1.89 bits per heavy atom. The molecule has 28 heavy (non-hydrogen) atoms. The van der Waals surface area contributed by atoms with E-state index in [4.69, 9.17) is 0 Å². The first-order valence-corrected chi connectivity index (χ1v) is 11.8. The van der Waals surface area contributed by atoms with E-state index in [9.17, 15) is 0 Å². The quantitative estimate of drug-likeness (QED) is 0.323. The second-order valence-corrected chi connectivity index (χ2v) is 8.21.